The maximum Gasteiger partial charge on any atom is 0.416 e. The van der Waals surface area contributed by atoms with Crippen molar-refractivity contribution in [3.63, 3.8) is 0 Å². The number of alkyl halides is 3. The van der Waals surface area contributed by atoms with E-state index in [1.807, 2.05) is 0 Å². The monoisotopic (exact) mass is 386 g/mol. The minimum Gasteiger partial charge on any atom is -0.313 e. The van der Waals surface area contributed by atoms with Gasteiger partial charge in [-0.15, -0.1) is 0 Å². The Morgan fingerprint density at radius 2 is 2.10 bits per heavy atom. The highest BCUT2D eigenvalue weighted by Crippen LogP contribution is 2.33. The molecule has 1 fully saturated rings. The Balaban J connectivity index is 2.22. The topological polar surface area (TPSA) is 58.2 Å². The lowest BCUT2D eigenvalue weighted by atomic mass is 10.2. The molecule has 1 unspecified atom stereocenters. The van der Waals surface area contributed by atoms with Gasteiger partial charge in [0.2, 0.25) is 10.0 Å². The molecule has 2 rings (SSSR count). The van der Waals surface area contributed by atoms with E-state index >= 15 is 0 Å². The largest absolute Gasteiger partial charge is 0.416 e. The third kappa shape index (κ3) is 4.18. The molecule has 0 aliphatic carbocycles. The van der Waals surface area contributed by atoms with Crippen LogP contribution in [0.5, 0.6) is 0 Å². The lowest BCUT2D eigenvalue weighted by molar-refractivity contribution is -0.137. The van der Waals surface area contributed by atoms with Gasteiger partial charge in [0.1, 0.15) is 0 Å². The van der Waals surface area contributed by atoms with Gasteiger partial charge in [-0.1, -0.05) is 0 Å². The van der Waals surface area contributed by atoms with Crippen molar-refractivity contribution in [1.29, 1.82) is 0 Å². The Bertz CT molecular complexity index is 613. The summed E-state index contributed by atoms with van der Waals surface area (Å²) in [6.45, 7) is 0.977. The van der Waals surface area contributed by atoms with Gasteiger partial charge in [-0.2, -0.15) is 13.2 Å². The van der Waals surface area contributed by atoms with Crippen LogP contribution in [-0.4, -0.2) is 27.5 Å². The van der Waals surface area contributed by atoms with Crippen LogP contribution < -0.4 is 10.0 Å². The second kappa shape index (κ2) is 6.23. The predicted molar refractivity (Wildman–Crippen MR) is 75.4 cm³/mol. The Labute approximate surface area is 129 Å². The summed E-state index contributed by atoms with van der Waals surface area (Å²) in [5, 5.41) is 3.11. The number of hydrogen-bond acceptors (Lipinski definition) is 3. The Hall–Kier alpha value is -0.640. The van der Waals surface area contributed by atoms with E-state index in [9.17, 15) is 21.6 Å². The first-order chi connectivity index (χ1) is 9.70. The maximum atomic E-state index is 12.7. The van der Waals surface area contributed by atoms with Gasteiger partial charge in [0.05, 0.1) is 10.5 Å². The molecule has 0 spiro atoms. The molecule has 1 aliphatic rings. The van der Waals surface area contributed by atoms with Crippen LogP contribution in [0.1, 0.15) is 18.4 Å². The molecule has 2 N–H and O–H groups in total. The molecule has 0 aromatic heterocycles. The fourth-order valence-electron chi connectivity index (χ4n) is 2.10. The van der Waals surface area contributed by atoms with Gasteiger partial charge in [0.15, 0.2) is 0 Å². The van der Waals surface area contributed by atoms with Gasteiger partial charge in [0, 0.05) is 17.1 Å². The average molecular weight is 387 g/mol. The van der Waals surface area contributed by atoms with Crippen LogP contribution in [0.4, 0.5) is 13.2 Å². The van der Waals surface area contributed by atoms with Crippen LogP contribution in [0.25, 0.3) is 0 Å². The smallest absolute Gasteiger partial charge is 0.313 e. The standard InChI is InChI=1S/C12H14BrF3N2O2S/c13-10-4-3-8(12(14,15)16)6-11(10)21(19,20)18-7-9-2-1-5-17-9/h3-4,6,9,17-18H,1-2,5,7H2. The van der Waals surface area contributed by atoms with Crippen LogP contribution in [0.2, 0.25) is 0 Å². The van der Waals surface area contributed by atoms with E-state index in [2.05, 4.69) is 26.0 Å². The molecule has 0 amide bonds. The zero-order valence-corrected chi connectivity index (χ0v) is 13.3. The number of sulfonamides is 1. The van der Waals surface area contributed by atoms with Crippen LogP contribution in [-0.2, 0) is 16.2 Å². The number of rotatable bonds is 4. The van der Waals surface area contributed by atoms with Crippen molar-refractivity contribution in [2.45, 2.75) is 30.0 Å². The highest BCUT2D eigenvalue weighted by atomic mass is 79.9. The summed E-state index contributed by atoms with van der Waals surface area (Å²) in [5.74, 6) is 0. The molecule has 9 heteroatoms. The number of nitrogens with one attached hydrogen (secondary N) is 2. The first-order valence-corrected chi connectivity index (χ1v) is 8.57. The van der Waals surface area contributed by atoms with E-state index in [0.717, 1.165) is 31.5 Å². The van der Waals surface area contributed by atoms with Crippen molar-refractivity contribution in [2.24, 2.45) is 0 Å². The number of hydrogen-bond donors (Lipinski definition) is 2. The molecule has 1 aromatic carbocycles. The van der Waals surface area contributed by atoms with Crippen molar-refractivity contribution in [1.82, 2.24) is 10.0 Å². The number of benzene rings is 1. The van der Waals surface area contributed by atoms with E-state index in [4.69, 9.17) is 0 Å². The molecule has 1 atom stereocenters. The van der Waals surface area contributed by atoms with E-state index in [1.165, 1.54) is 0 Å². The summed E-state index contributed by atoms with van der Waals surface area (Å²) in [4.78, 5) is -0.407. The van der Waals surface area contributed by atoms with Crippen LogP contribution in [0.3, 0.4) is 0 Å². The lowest BCUT2D eigenvalue weighted by Gasteiger charge is -2.14. The normalized spacial score (nSPS) is 19.9. The SMILES string of the molecule is O=S(=O)(NCC1CCCN1)c1cc(C(F)(F)F)ccc1Br. The summed E-state index contributed by atoms with van der Waals surface area (Å²) in [7, 11) is -4.00. The van der Waals surface area contributed by atoms with Crippen molar-refractivity contribution >= 4 is 26.0 Å². The zero-order valence-electron chi connectivity index (χ0n) is 10.9. The third-order valence-electron chi connectivity index (χ3n) is 3.23. The minimum atomic E-state index is -4.59. The molecule has 0 bridgehead atoms. The minimum absolute atomic E-state index is 0.0179. The molecule has 1 aliphatic heterocycles. The van der Waals surface area contributed by atoms with Crippen molar-refractivity contribution < 1.29 is 21.6 Å². The molecular weight excluding hydrogens is 373 g/mol. The molecule has 118 valence electrons. The zero-order chi connectivity index (χ0) is 15.7. The van der Waals surface area contributed by atoms with Crippen molar-refractivity contribution in [2.75, 3.05) is 13.1 Å². The van der Waals surface area contributed by atoms with Gasteiger partial charge in [-0.3, -0.25) is 0 Å². The molecule has 1 aromatic rings. The van der Waals surface area contributed by atoms with Crippen LogP contribution >= 0.6 is 15.9 Å². The predicted octanol–water partition coefficient (Wildman–Crippen LogP) is 2.50. The second-order valence-electron chi connectivity index (χ2n) is 4.79. The van der Waals surface area contributed by atoms with E-state index in [1.54, 1.807) is 0 Å². The lowest BCUT2D eigenvalue weighted by Crippen LogP contribution is -2.37. The van der Waals surface area contributed by atoms with Crippen molar-refractivity contribution in [3.8, 4) is 0 Å². The average Bonchev–Trinajstić information content (AvgIpc) is 2.88. The second-order valence-corrected chi connectivity index (χ2v) is 7.38. The quantitative estimate of drug-likeness (QED) is 0.835. The number of halogens is 4. The van der Waals surface area contributed by atoms with Crippen molar-refractivity contribution in [3.05, 3.63) is 28.2 Å². The fraction of sp³-hybridized carbons (Fsp3) is 0.500. The third-order valence-corrected chi connectivity index (χ3v) is 5.65. The Morgan fingerprint density at radius 3 is 2.67 bits per heavy atom. The highest BCUT2D eigenvalue weighted by Gasteiger charge is 2.32. The maximum absolute atomic E-state index is 12.7. The molecule has 21 heavy (non-hydrogen) atoms. The molecule has 1 saturated heterocycles. The summed E-state index contributed by atoms with van der Waals surface area (Å²) in [6, 6.07) is 2.57. The van der Waals surface area contributed by atoms with Crippen LogP contribution in [0, 0.1) is 0 Å². The molecule has 0 radical (unpaired) electrons. The fourth-order valence-corrected chi connectivity index (χ4v) is 4.17. The van der Waals surface area contributed by atoms with Gasteiger partial charge >= 0.3 is 6.18 Å². The summed E-state index contributed by atoms with van der Waals surface area (Å²) in [5.41, 5.74) is -0.995. The van der Waals surface area contributed by atoms with Gasteiger partial charge in [-0.25, -0.2) is 13.1 Å². The Kier molecular flexibility index (Phi) is 4.96. The van der Waals surface area contributed by atoms with Gasteiger partial charge < -0.3 is 5.32 Å². The molecular formula is C12H14BrF3N2O2S. The van der Waals surface area contributed by atoms with Crippen LogP contribution in [0.15, 0.2) is 27.6 Å². The van der Waals surface area contributed by atoms with E-state index in [0.29, 0.717) is 6.07 Å². The van der Waals surface area contributed by atoms with Gasteiger partial charge in [-0.05, 0) is 53.5 Å². The summed E-state index contributed by atoms with van der Waals surface area (Å²) < 4.78 is 64.8. The highest BCUT2D eigenvalue weighted by molar-refractivity contribution is 9.10. The first-order valence-electron chi connectivity index (χ1n) is 6.30. The van der Waals surface area contributed by atoms with E-state index in [-0.39, 0.29) is 17.1 Å². The van der Waals surface area contributed by atoms with E-state index < -0.39 is 26.7 Å². The Morgan fingerprint density at radius 1 is 1.38 bits per heavy atom. The molecule has 0 saturated carbocycles. The van der Waals surface area contributed by atoms with Gasteiger partial charge in [0.25, 0.3) is 0 Å². The first kappa shape index (κ1) is 16.7. The molecule has 4 nitrogen and oxygen atoms in total. The summed E-state index contributed by atoms with van der Waals surface area (Å²) in [6.07, 6.45) is -2.79. The molecule has 1 heterocycles. The summed E-state index contributed by atoms with van der Waals surface area (Å²) >= 11 is 2.98.